The second-order valence-electron chi connectivity index (χ2n) is 4.92. The van der Waals surface area contributed by atoms with Crippen LogP contribution in [0.4, 0.5) is 10.5 Å². The first-order valence-electron chi connectivity index (χ1n) is 6.89. The Morgan fingerprint density at radius 2 is 2.55 bits per heavy atom. The lowest BCUT2D eigenvalue weighted by Crippen LogP contribution is -2.42. The first-order valence-corrected chi connectivity index (χ1v) is 6.89. The Morgan fingerprint density at radius 1 is 1.70 bits per heavy atom. The molecule has 0 spiro atoms. The number of nitrogens with one attached hydrogen (secondary N) is 2. The fourth-order valence-corrected chi connectivity index (χ4v) is 2.20. The molecule has 7 nitrogen and oxygen atoms in total. The fourth-order valence-electron chi connectivity index (χ4n) is 2.20. The summed E-state index contributed by atoms with van der Waals surface area (Å²) in [7, 11) is 1.64. The van der Waals surface area contributed by atoms with Crippen molar-refractivity contribution in [3.63, 3.8) is 0 Å². The normalized spacial score (nSPS) is 19.8. The molecule has 112 valence electrons. The summed E-state index contributed by atoms with van der Waals surface area (Å²) < 4.78 is 12.2. The van der Waals surface area contributed by atoms with E-state index in [0.29, 0.717) is 18.8 Å². The van der Waals surface area contributed by atoms with Crippen molar-refractivity contribution in [1.29, 1.82) is 0 Å². The highest BCUT2D eigenvalue weighted by atomic mass is 16.5. The molecule has 0 aromatic carbocycles. The maximum Gasteiger partial charge on any atom is 0.319 e. The number of amides is 2. The van der Waals surface area contributed by atoms with Crippen LogP contribution in [0.2, 0.25) is 0 Å². The van der Waals surface area contributed by atoms with Crippen molar-refractivity contribution in [3.05, 3.63) is 12.4 Å². The highest BCUT2D eigenvalue weighted by Crippen LogP contribution is 2.15. The molecule has 0 aliphatic carbocycles. The van der Waals surface area contributed by atoms with Crippen LogP contribution in [0.5, 0.6) is 0 Å². The number of rotatable bonds is 6. The number of carbonyl (C=O) groups excluding carboxylic acids is 1. The third-order valence-electron chi connectivity index (χ3n) is 3.30. The molecule has 1 aliphatic heterocycles. The van der Waals surface area contributed by atoms with Gasteiger partial charge in [-0.05, 0) is 19.8 Å². The number of anilines is 1. The maximum absolute atomic E-state index is 11.9. The SMILES string of the molecule is COCCn1cc(NC(=O)N[C@@H](C)[C@H]2CCCO2)cn1. The first-order chi connectivity index (χ1) is 9.69. The fraction of sp³-hybridized carbons (Fsp3) is 0.692. The van der Waals surface area contributed by atoms with E-state index < -0.39 is 0 Å². The Morgan fingerprint density at radius 3 is 3.25 bits per heavy atom. The first kappa shape index (κ1) is 14.8. The molecule has 0 unspecified atom stereocenters. The van der Waals surface area contributed by atoms with Crippen molar-refractivity contribution in [2.45, 2.75) is 38.5 Å². The highest BCUT2D eigenvalue weighted by molar-refractivity contribution is 5.89. The van der Waals surface area contributed by atoms with Gasteiger partial charge in [0.25, 0.3) is 0 Å². The molecule has 2 atom stereocenters. The van der Waals surface area contributed by atoms with Gasteiger partial charge in [0.05, 0.1) is 37.2 Å². The average molecular weight is 282 g/mol. The van der Waals surface area contributed by atoms with E-state index in [0.717, 1.165) is 19.4 Å². The molecule has 0 bridgehead atoms. The zero-order valence-electron chi connectivity index (χ0n) is 12.0. The van der Waals surface area contributed by atoms with Crippen LogP contribution in [0, 0.1) is 0 Å². The van der Waals surface area contributed by atoms with Crippen molar-refractivity contribution in [2.75, 3.05) is 25.6 Å². The predicted molar refractivity (Wildman–Crippen MR) is 74.7 cm³/mol. The quantitative estimate of drug-likeness (QED) is 0.822. The van der Waals surface area contributed by atoms with Crippen molar-refractivity contribution in [2.24, 2.45) is 0 Å². The largest absolute Gasteiger partial charge is 0.383 e. The number of aromatic nitrogens is 2. The van der Waals surface area contributed by atoms with Crippen LogP contribution < -0.4 is 10.6 Å². The Labute approximate surface area is 118 Å². The van der Waals surface area contributed by atoms with Crippen molar-refractivity contribution >= 4 is 11.7 Å². The van der Waals surface area contributed by atoms with Gasteiger partial charge in [-0.25, -0.2) is 4.79 Å². The van der Waals surface area contributed by atoms with Gasteiger partial charge >= 0.3 is 6.03 Å². The van der Waals surface area contributed by atoms with E-state index in [-0.39, 0.29) is 18.2 Å². The maximum atomic E-state index is 11.9. The standard InChI is InChI=1S/C13H22N4O3/c1-10(12-4-3-6-20-12)15-13(18)16-11-8-14-17(9-11)5-7-19-2/h8-10,12H,3-7H2,1-2H3,(H2,15,16,18)/t10-,12+/m0/s1. The zero-order valence-corrected chi connectivity index (χ0v) is 12.0. The third-order valence-corrected chi connectivity index (χ3v) is 3.30. The molecule has 1 fully saturated rings. The second kappa shape index (κ2) is 7.25. The van der Waals surface area contributed by atoms with E-state index in [4.69, 9.17) is 9.47 Å². The summed E-state index contributed by atoms with van der Waals surface area (Å²) in [6, 6.07) is -0.236. The van der Waals surface area contributed by atoms with Crippen LogP contribution in [-0.2, 0) is 16.0 Å². The Balaban J connectivity index is 1.77. The molecular weight excluding hydrogens is 260 g/mol. The van der Waals surface area contributed by atoms with Crippen LogP contribution in [-0.4, -0.2) is 48.3 Å². The van der Waals surface area contributed by atoms with Gasteiger partial charge in [0.2, 0.25) is 0 Å². The van der Waals surface area contributed by atoms with Gasteiger partial charge in [-0.3, -0.25) is 4.68 Å². The van der Waals surface area contributed by atoms with Gasteiger partial charge in [0.1, 0.15) is 0 Å². The molecular formula is C13H22N4O3. The molecule has 2 N–H and O–H groups in total. The zero-order chi connectivity index (χ0) is 14.4. The van der Waals surface area contributed by atoms with Crippen LogP contribution in [0.3, 0.4) is 0 Å². The number of hydrogen-bond acceptors (Lipinski definition) is 4. The minimum atomic E-state index is -0.237. The lowest BCUT2D eigenvalue weighted by Gasteiger charge is -2.19. The smallest absolute Gasteiger partial charge is 0.319 e. The lowest BCUT2D eigenvalue weighted by atomic mass is 10.1. The number of ether oxygens (including phenoxy) is 2. The summed E-state index contributed by atoms with van der Waals surface area (Å²) in [6.07, 6.45) is 5.56. The molecule has 2 rings (SSSR count). The van der Waals surface area contributed by atoms with Crippen LogP contribution in [0.25, 0.3) is 0 Å². The van der Waals surface area contributed by atoms with E-state index in [1.807, 2.05) is 6.92 Å². The van der Waals surface area contributed by atoms with Crippen molar-refractivity contribution in [3.8, 4) is 0 Å². The molecule has 0 radical (unpaired) electrons. The van der Waals surface area contributed by atoms with Crippen LogP contribution in [0.15, 0.2) is 12.4 Å². The van der Waals surface area contributed by atoms with Gasteiger partial charge < -0.3 is 20.1 Å². The van der Waals surface area contributed by atoms with Crippen LogP contribution >= 0.6 is 0 Å². The van der Waals surface area contributed by atoms with Gasteiger partial charge in [-0.15, -0.1) is 0 Å². The monoisotopic (exact) mass is 282 g/mol. The van der Waals surface area contributed by atoms with Crippen molar-refractivity contribution in [1.82, 2.24) is 15.1 Å². The molecule has 0 saturated carbocycles. The molecule has 2 amide bonds. The Hall–Kier alpha value is -1.60. The van der Waals surface area contributed by atoms with Gasteiger partial charge in [-0.2, -0.15) is 5.10 Å². The molecule has 1 aliphatic rings. The topological polar surface area (TPSA) is 77.4 Å². The summed E-state index contributed by atoms with van der Waals surface area (Å²) in [4.78, 5) is 11.9. The van der Waals surface area contributed by atoms with E-state index >= 15 is 0 Å². The average Bonchev–Trinajstić information content (AvgIpc) is 3.07. The Bertz CT molecular complexity index is 429. The predicted octanol–water partition coefficient (Wildman–Crippen LogP) is 1.22. The van der Waals surface area contributed by atoms with Gasteiger partial charge in [0.15, 0.2) is 0 Å². The number of urea groups is 1. The van der Waals surface area contributed by atoms with E-state index in [2.05, 4.69) is 15.7 Å². The third kappa shape index (κ3) is 4.21. The molecule has 7 heteroatoms. The molecule has 1 saturated heterocycles. The number of carbonyl (C=O) groups is 1. The number of hydrogen-bond donors (Lipinski definition) is 2. The summed E-state index contributed by atoms with van der Waals surface area (Å²) in [5.74, 6) is 0. The minimum Gasteiger partial charge on any atom is -0.383 e. The lowest BCUT2D eigenvalue weighted by molar-refractivity contribution is 0.0868. The van der Waals surface area contributed by atoms with Gasteiger partial charge in [-0.1, -0.05) is 0 Å². The molecule has 20 heavy (non-hydrogen) atoms. The number of methoxy groups -OCH3 is 1. The Kier molecular flexibility index (Phi) is 5.37. The van der Waals surface area contributed by atoms with E-state index in [1.165, 1.54) is 0 Å². The summed E-state index contributed by atoms with van der Waals surface area (Å²) >= 11 is 0. The molecule has 2 heterocycles. The highest BCUT2D eigenvalue weighted by Gasteiger charge is 2.23. The minimum absolute atomic E-state index is 0.000960. The number of nitrogens with zero attached hydrogens (tertiary/aromatic N) is 2. The molecule has 1 aromatic rings. The summed E-state index contributed by atoms with van der Waals surface area (Å²) in [6.45, 7) is 3.98. The van der Waals surface area contributed by atoms with E-state index in [9.17, 15) is 4.79 Å². The molecule has 1 aromatic heterocycles. The summed E-state index contributed by atoms with van der Waals surface area (Å²) in [5, 5.41) is 9.78. The van der Waals surface area contributed by atoms with Crippen LogP contribution in [0.1, 0.15) is 19.8 Å². The van der Waals surface area contributed by atoms with Crippen molar-refractivity contribution < 1.29 is 14.3 Å². The summed E-state index contributed by atoms with van der Waals surface area (Å²) in [5.41, 5.74) is 0.665. The second-order valence-corrected chi connectivity index (χ2v) is 4.92. The van der Waals surface area contributed by atoms with Gasteiger partial charge in [0, 0.05) is 19.9 Å². The van der Waals surface area contributed by atoms with E-state index in [1.54, 1.807) is 24.2 Å².